The average Bonchev–Trinajstić information content (AvgIpc) is 3.74. The van der Waals surface area contributed by atoms with Crippen LogP contribution in [0.4, 0.5) is 22.7 Å². The van der Waals surface area contributed by atoms with Gasteiger partial charge < -0.3 is 10.6 Å². The predicted octanol–water partition coefficient (Wildman–Crippen LogP) is 20.6. The van der Waals surface area contributed by atoms with Gasteiger partial charge in [-0.1, -0.05) is 12.1 Å². The van der Waals surface area contributed by atoms with Crippen LogP contribution in [0.1, 0.15) is 105 Å². The third-order valence-electron chi connectivity index (χ3n) is 13.9. The van der Waals surface area contributed by atoms with Gasteiger partial charge in [-0.25, -0.2) is 9.80 Å². The van der Waals surface area contributed by atoms with Gasteiger partial charge >= 0.3 is 0 Å². The van der Waals surface area contributed by atoms with E-state index in [2.05, 4.69) is 266 Å². The molecule has 4 aliphatic heterocycles. The number of hydrogen-bond donors (Lipinski definition) is 2. The lowest BCUT2D eigenvalue weighted by atomic mass is 9.91. The largest absolute Gasteiger partial charge is 0.354 e. The van der Waals surface area contributed by atoms with Crippen LogP contribution in [0.2, 0.25) is 0 Å². The van der Waals surface area contributed by atoms with Crippen molar-refractivity contribution in [2.45, 2.75) is 6.42 Å². The number of anilines is 4. The minimum atomic E-state index is -0.702. The molecule has 0 bridgehead atoms. The summed E-state index contributed by atoms with van der Waals surface area (Å²) in [5.74, 6) is -5.02. The average molecular weight is 2110 g/mol. The Kier molecular flexibility index (Phi) is 16.0. The zero-order chi connectivity index (χ0) is 58.3. The molecule has 0 fully saturated rings. The highest BCUT2D eigenvalue weighted by molar-refractivity contribution is 9.17. The zero-order valence-corrected chi connectivity index (χ0v) is 63.9. The van der Waals surface area contributed by atoms with Crippen molar-refractivity contribution in [3.63, 3.8) is 0 Å². The van der Waals surface area contributed by atoms with Gasteiger partial charge in [-0.05, 0) is 302 Å². The van der Waals surface area contributed by atoms with E-state index in [-0.39, 0.29) is 84.8 Å². The summed E-state index contributed by atoms with van der Waals surface area (Å²) in [5.41, 5.74) is 2.92. The second-order valence-corrected chi connectivity index (χ2v) is 30.7. The van der Waals surface area contributed by atoms with E-state index in [0.717, 1.165) is 9.80 Å². The summed E-state index contributed by atoms with van der Waals surface area (Å²) >= 11 is 56.2. The molecule has 0 spiro atoms. The number of rotatable bonds is 4. The Hall–Kier alpha value is -1.48. The lowest BCUT2D eigenvalue weighted by Crippen LogP contribution is -2.33. The van der Waals surface area contributed by atoms with E-state index >= 15 is 19.2 Å². The summed E-state index contributed by atoms with van der Waals surface area (Å²) in [6.07, 6.45) is 6.11. The Labute approximate surface area is 590 Å². The first-order valence-electron chi connectivity index (χ1n) is 22.3. The number of carbonyl (C=O) groups excluding carboxylic acids is 8. The Morgan fingerprint density at radius 1 is 0.296 bits per heavy atom. The van der Waals surface area contributed by atoms with Crippen molar-refractivity contribution in [3.05, 3.63) is 197 Å². The molecule has 28 heteroatoms. The van der Waals surface area contributed by atoms with Crippen LogP contribution in [-0.2, 0) is 6.42 Å². The number of benzene rings is 6. The Morgan fingerprint density at radius 3 is 0.778 bits per heavy atom. The summed E-state index contributed by atoms with van der Waals surface area (Å²) in [7, 11) is 0. The fourth-order valence-corrected chi connectivity index (χ4v) is 20.2. The molecule has 2 N–H and O–H groups in total. The van der Waals surface area contributed by atoms with E-state index in [1.165, 1.54) is 12.2 Å². The van der Waals surface area contributed by atoms with Gasteiger partial charge in [-0.3, -0.25) is 38.4 Å². The summed E-state index contributed by atoms with van der Waals surface area (Å²) in [4.78, 5) is 120. The van der Waals surface area contributed by atoms with Crippen molar-refractivity contribution in [1.29, 1.82) is 0 Å². The van der Waals surface area contributed by atoms with Crippen molar-refractivity contribution in [1.82, 2.24) is 0 Å². The van der Waals surface area contributed by atoms with Gasteiger partial charge in [0.05, 0.1) is 78.4 Å². The number of Topliss-reactive ketones (excluding diaryl/α,β-unsaturated/α-hetero) is 4. The number of hydrogen-bond acceptors (Lipinski definition) is 10. The summed E-state index contributed by atoms with van der Waals surface area (Å²) in [6.45, 7) is 0. The molecule has 0 saturated carbocycles. The van der Waals surface area contributed by atoms with Crippen LogP contribution in [0.25, 0.3) is 12.2 Å². The molecule has 12 rings (SSSR count). The highest BCUT2D eigenvalue weighted by atomic mass is 79.9. The van der Waals surface area contributed by atoms with Gasteiger partial charge in [-0.2, -0.15) is 0 Å². The number of amides is 4. The molecule has 81 heavy (non-hydrogen) atoms. The van der Waals surface area contributed by atoms with Crippen molar-refractivity contribution < 1.29 is 38.4 Å². The fourth-order valence-electron chi connectivity index (χ4n) is 10.3. The van der Waals surface area contributed by atoms with Gasteiger partial charge in [0, 0.05) is 100 Å². The molecule has 4 heterocycles. The monoisotopic (exact) mass is 2090 g/mol. The molecule has 6 aliphatic rings. The first kappa shape index (κ1) is 59.8. The lowest BCUT2D eigenvalue weighted by molar-refractivity contribution is 0.0910. The number of carbonyl (C=O) groups is 8. The summed E-state index contributed by atoms with van der Waals surface area (Å²) in [5, 5.41) is 6.52. The predicted molar refractivity (Wildman–Crippen MR) is 364 cm³/mol. The maximum atomic E-state index is 15.1. The van der Waals surface area contributed by atoms with Gasteiger partial charge in [0.25, 0.3) is 23.6 Å². The van der Waals surface area contributed by atoms with Crippen molar-refractivity contribution in [2.24, 2.45) is 0 Å². The smallest absolute Gasteiger partial charge is 0.267 e. The molecule has 0 unspecified atom stereocenters. The lowest BCUT2D eigenvalue weighted by Gasteiger charge is -2.28. The van der Waals surface area contributed by atoms with Gasteiger partial charge in [0.15, 0.2) is 0 Å². The zero-order valence-electron chi connectivity index (χ0n) is 38.5. The van der Waals surface area contributed by atoms with E-state index in [1.54, 1.807) is 36.4 Å². The molecule has 0 aromatic heterocycles. The third-order valence-corrected chi connectivity index (χ3v) is 33.0. The van der Waals surface area contributed by atoms with Crippen LogP contribution < -0.4 is 20.4 Å². The molecule has 404 valence electrons. The first-order chi connectivity index (χ1) is 38.2. The number of fused-ring (bicyclic) bond motifs is 6. The maximum absolute atomic E-state index is 15.1. The molecule has 6 aromatic rings. The Morgan fingerprint density at radius 2 is 0.531 bits per heavy atom. The van der Waals surface area contributed by atoms with Crippen LogP contribution in [-0.4, -0.2) is 46.8 Å². The molecular weight excluding hydrogens is 2100 g/mol. The molecule has 12 nitrogen and oxygen atoms in total. The first-order valence-corrected chi connectivity index (χ1v) is 35.0. The molecule has 2 aliphatic carbocycles. The molecular formula is C53H12Br16N4O8. The molecule has 0 atom stereocenters. The van der Waals surface area contributed by atoms with E-state index in [1.807, 2.05) is 0 Å². The Balaban J connectivity index is 1.06. The third kappa shape index (κ3) is 8.65. The number of imide groups is 2. The van der Waals surface area contributed by atoms with E-state index in [4.69, 9.17) is 0 Å². The number of nitrogens with one attached hydrogen (secondary N) is 2. The topological polar surface area (TPSA) is 167 Å². The van der Waals surface area contributed by atoms with Gasteiger partial charge in [0.2, 0.25) is 23.1 Å². The van der Waals surface area contributed by atoms with Crippen LogP contribution in [0.3, 0.4) is 0 Å². The second kappa shape index (κ2) is 21.7. The summed E-state index contributed by atoms with van der Waals surface area (Å²) < 4.78 is 6.57. The minimum Gasteiger partial charge on any atom is -0.354 e. The Bertz CT molecular complexity index is 4000. The number of nitrogens with zero attached hydrogens (tertiary/aromatic N) is 2. The van der Waals surface area contributed by atoms with Crippen molar-refractivity contribution in [2.75, 3.05) is 20.4 Å². The number of ketones is 4. The quantitative estimate of drug-likeness (QED) is 0.0570. The van der Waals surface area contributed by atoms with E-state index in [0.29, 0.717) is 105 Å². The van der Waals surface area contributed by atoms with Crippen LogP contribution in [0.5, 0.6) is 0 Å². The van der Waals surface area contributed by atoms with Gasteiger partial charge in [0.1, 0.15) is 0 Å². The van der Waals surface area contributed by atoms with Crippen molar-refractivity contribution in [3.8, 4) is 0 Å². The van der Waals surface area contributed by atoms with Crippen molar-refractivity contribution >= 4 is 337 Å². The van der Waals surface area contributed by atoms with E-state index < -0.39 is 46.8 Å². The molecule has 0 radical (unpaired) electrons. The highest BCUT2D eigenvalue weighted by Crippen LogP contribution is 2.54. The minimum absolute atomic E-state index is 0.0480. The molecule has 0 saturated heterocycles. The van der Waals surface area contributed by atoms with Gasteiger partial charge in [-0.15, -0.1) is 0 Å². The molecule has 6 aromatic carbocycles. The number of halogens is 16. The van der Waals surface area contributed by atoms with E-state index in [9.17, 15) is 19.2 Å². The number of allylic oxidation sites excluding steroid dienone is 4. The summed E-state index contributed by atoms with van der Waals surface area (Å²) in [6, 6.07) is 6.69. The molecule has 4 amide bonds. The highest BCUT2D eigenvalue weighted by Gasteiger charge is 2.48. The SMILES string of the molecule is O=C1C(=C2C=Cc3c(ccc(Cc4ccc5c(c4N4C(=O)c6c(Br)c(Br)c(Br)c(Br)c6C4=O)C=CC(=C4C(=O)c6c(Br)c(Br)c(Br)c(Br)c6C4=O)N5)c3N3C(=O)c4c(Br)c(Br)c(Br)c(Br)c4C3=O)N2)C(=O)c2c(Br)c(Br)c(Br)c(Br)c21. The van der Waals surface area contributed by atoms with Crippen LogP contribution in [0, 0.1) is 0 Å². The fraction of sp³-hybridized carbons (Fsp3) is 0.0189. The van der Waals surface area contributed by atoms with Crippen LogP contribution in [0.15, 0.2) is 131 Å². The maximum Gasteiger partial charge on any atom is 0.267 e. The standard InChI is InChI=1S/C53H12Br16N4O8/c54-28-20-21(29(55)37(63)36(28)62)47(75)18(46(20)74)16-7-3-12-14(70-16)5-1-10(44(12)72-50(78)24-25(51(72)79)33(59)41(67)40(66)32(24)58)9-11-2-6-15-13(45(11)73-52(80)26-27(53(73)81)35(61)43(69)42(68)34(26)60)4-8-17(71-15)19-48(76)22-23(49(19)77)31(57)39(65)38(64)30(22)56/h1-8,70-71H,9H2. The van der Waals surface area contributed by atoms with Crippen LogP contribution >= 0.6 is 255 Å². The second-order valence-electron chi connectivity index (χ2n) is 18.0. The normalized spacial score (nSPS) is 15.9.